The van der Waals surface area contributed by atoms with Gasteiger partial charge in [-0.2, -0.15) is 13.2 Å². The van der Waals surface area contributed by atoms with Gasteiger partial charge in [0.25, 0.3) is 0 Å². The Morgan fingerprint density at radius 2 is 1.93 bits per heavy atom. The molecule has 0 aliphatic carbocycles. The number of aromatic nitrogens is 1. The molecule has 0 radical (unpaired) electrons. The monoisotopic (exact) mass is 412 g/mol. The average molecular weight is 412 g/mol. The summed E-state index contributed by atoms with van der Waals surface area (Å²) in [4.78, 5) is 26.3. The minimum Gasteiger partial charge on any atom is -0.480 e. The molecule has 0 spiro atoms. The van der Waals surface area contributed by atoms with E-state index >= 15 is 0 Å². The molecule has 2 aromatic rings. The molecule has 3 N–H and O–H groups in total. The second kappa shape index (κ2) is 6.75. The average Bonchev–Trinajstić information content (AvgIpc) is 3.30. The zero-order valence-electron chi connectivity index (χ0n) is 15.8. The quantitative estimate of drug-likeness (QED) is 0.691. The predicted molar refractivity (Wildman–Crippen MR) is 95.4 cm³/mol. The van der Waals surface area contributed by atoms with Gasteiger partial charge < -0.3 is 20.1 Å². The Labute approximate surface area is 163 Å². The number of rotatable bonds is 5. The number of carbonyl (C=O) groups is 2. The lowest BCUT2D eigenvalue weighted by molar-refractivity contribution is -0.166. The van der Waals surface area contributed by atoms with Crippen LogP contribution in [0.3, 0.4) is 0 Å². The maximum absolute atomic E-state index is 13.2. The van der Waals surface area contributed by atoms with Crippen molar-refractivity contribution in [3.05, 3.63) is 35.5 Å². The Balaban J connectivity index is 1.81. The first-order chi connectivity index (χ1) is 13.3. The summed E-state index contributed by atoms with van der Waals surface area (Å²) < 4.78 is 44.6. The lowest BCUT2D eigenvalue weighted by Crippen LogP contribution is -2.44. The van der Waals surface area contributed by atoms with Crippen LogP contribution in [-0.2, 0) is 21.6 Å². The summed E-state index contributed by atoms with van der Waals surface area (Å²) >= 11 is 0. The third kappa shape index (κ3) is 4.17. The topological polar surface area (TPSA) is 116 Å². The third-order valence-corrected chi connectivity index (χ3v) is 4.28. The lowest BCUT2D eigenvalue weighted by Gasteiger charge is -2.22. The van der Waals surface area contributed by atoms with Crippen molar-refractivity contribution in [1.29, 1.82) is 0 Å². The van der Waals surface area contributed by atoms with Crippen LogP contribution in [-0.4, -0.2) is 40.0 Å². The molecule has 11 heteroatoms. The summed E-state index contributed by atoms with van der Waals surface area (Å²) in [6, 6.07) is 2.70. The molecule has 8 nitrogen and oxygen atoms in total. The van der Waals surface area contributed by atoms with Crippen molar-refractivity contribution >= 4 is 23.0 Å². The molecule has 29 heavy (non-hydrogen) atoms. The number of alkyl carbamates (subject to hydrolysis) is 1. The highest BCUT2D eigenvalue weighted by Crippen LogP contribution is 2.52. The minimum atomic E-state index is -4.64. The standard InChI is InChI=1S/C18H19F3N4O4/c1-16(2,3)29-15(28)23-13(14(26)27)6-9-8-22-12-7-10(4-5-11(9)12)17(24-25-17)18(19,20)21/h4-5,7-8,13,22H,6H2,1-3H3,(H,23,28)(H,26,27)/t13-/m0/s1. The molecule has 0 fully saturated rings. The molecule has 1 amide bonds. The van der Waals surface area contributed by atoms with Gasteiger partial charge in [-0.1, -0.05) is 12.1 Å². The highest BCUT2D eigenvalue weighted by molar-refractivity contribution is 5.86. The van der Waals surface area contributed by atoms with E-state index in [0.29, 0.717) is 16.5 Å². The molecular formula is C18H19F3N4O4. The van der Waals surface area contributed by atoms with Crippen LogP contribution in [0.1, 0.15) is 31.9 Å². The van der Waals surface area contributed by atoms with E-state index < -0.39 is 35.5 Å². The summed E-state index contributed by atoms with van der Waals surface area (Å²) in [5.41, 5.74) is -2.57. The SMILES string of the molecule is CC(C)(C)OC(=O)N[C@@H](Cc1c[nH]c2cc(C3(C(F)(F)F)N=N3)ccc12)C(=O)O. The maximum atomic E-state index is 13.2. The Kier molecular flexibility index (Phi) is 4.80. The molecule has 1 aromatic heterocycles. The van der Waals surface area contributed by atoms with E-state index in [1.165, 1.54) is 24.4 Å². The van der Waals surface area contributed by atoms with E-state index in [0.717, 1.165) is 0 Å². The first kappa shape index (κ1) is 20.6. The second-order valence-corrected chi connectivity index (χ2v) is 7.69. The van der Waals surface area contributed by atoms with Crippen molar-refractivity contribution in [2.75, 3.05) is 0 Å². The van der Waals surface area contributed by atoms with Crippen LogP contribution >= 0.6 is 0 Å². The van der Waals surface area contributed by atoms with Crippen LogP contribution in [0.25, 0.3) is 10.9 Å². The smallest absolute Gasteiger partial charge is 0.442 e. The number of fused-ring (bicyclic) bond motifs is 1. The lowest BCUT2D eigenvalue weighted by atomic mass is 9.99. The number of carboxylic acids is 1. The number of hydrogen-bond acceptors (Lipinski definition) is 5. The van der Waals surface area contributed by atoms with Gasteiger partial charge in [0.1, 0.15) is 11.6 Å². The zero-order chi connectivity index (χ0) is 21.6. The summed E-state index contributed by atoms with van der Waals surface area (Å²) in [7, 11) is 0. The zero-order valence-corrected chi connectivity index (χ0v) is 15.8. The molecule has 2 heterocycles. The summed E-state index contributed by atoms with van der Waals surface area (Å²) in [6.07, 6.45) is -4.12. The summed E-state index contributed by atoms with van der Waals surface area (Å²) in [6.45, 7) is 4.93. The molecule has 156 valence electrons. The van der Waals surface area contributed by atoms with Crippen LogP contribution in [0.15, 0.2) is 34.6 Å². The highest BCUT2D eigenvalue weighted by atomic mass is 19.4. The van der Waals surface area contributed by atoms with Gasteiger partial charge in [-0.25, -0.2) is 9.59 Å². The van der Waals surface area contributed by atoms with Gasteiger partial charge in [0.15, 0.2) is 0 Å². The summed E-state index contributed by atoms with van der Waals surface area (Å²) in [5, 5.41) is 18.6. The van der Waals surface area contributed by atoms with Crippen molar-refractivity contribution in [1.82, 2.24) is 10.3 Å². The molecule has 3 rings (SSSR count). The first-order valence-electron chi connectivity index (χ1n) is 8.66. The number of carbonyl (C=O) groups excluding carboxylic acids is 1. The molecular weight excluding hydrogens is 393 g/mol. The number of benzene rings is 1. The predicted octanol–water partition coefficient (Wildman–Crippen LogP) is 3.87. The molecule has 1 aromatic carbocycles. The number of aliphatic carboxylic acids is 1. The van der Waals surface area contributed by atoms with Crippen LogP contribution in [0.4, 0.5) is 18.0 Å². The molecule has 0 bridgehead atoms. The Hall–Kier alpha value is -3.11. The van der Waals surface area contributed by atoms with Crippen molar-refractivity contribution in [3.8, 4) is 0 Å². The number of ether oxygens (including phenoxy) is 1. The van der Waals surface area contributed by atoms with Gasteiger partial charge >= 0.3 is 23.9 Å². The number of nitrogens with zero attached hydrogens (tertiary/aromatic N) is 2. The number of aromatic amines is 1. The normalized spacial score (nSPS) is 16.5. The van der Waals surface area contributed by atoms with Crippen LogP contribution in [0.5, 0.6) is 0 Å². The van der Waals surface area contributed by atoms with Crippen molar-refractivity contribution in [2.24, 2.45) is 10.2 Å². The van der Waals surface area contributed by atoms with Gasteiger partial charge in [-0.15, -0.1) is 10.2 Å². The largest absolute Gasteiger partial charge is 0.480 e. The van der Waals surface area contributed by atoms with E-state index in [-0.39, 0.29) is 12.0 Å². The van der Waals surface area contributed by atoms with Crippen LogP contribution in [0, 0.1) is 0 Å². The van der Waals surface area contributed by atoms with Crippen LogP contribution < -0.4 is 5.32 Å². The Bertz CT molecular complexity index is 985. The minimum absolute atomic E-state index is 0.0902. The number of hydrogen-bond donors (Lipinski definition) is 3. The molecule has 1 aliphatic rings. The van der Waals surface area contributed by atoms with Crippen molar-refractivity contribution in [3.63, 3.8) is 0 Å². The molecule has 0 unspecified atom stereocenters. The van der Waals surface area contributed by atoms with E-state index in [2.05, 4.69) is 20.5 Å². The number of carboxylic acid groups (broad SMARTS) is 1. The fourth-order valence-electron chi connectivity index (χ4n) is 2.88. The van der Waals surface area contributed by atoms with E-state index in [4.69, 9.17) is 4.74 Å². The maximum Gasteiger partial charge on any atom is 0.442 e. The van der Waals surface area contributed by atoms with Gasteiger partial charge in [0, 0.05) is 29.1 Å². The van der Waals surface area contributed by atoms with Crippen molar-refractivity contribution in [2.45, 2.75) is 50.7 Å². The molecule has 1 aliphatic heterocycles. The van der Waals surface area contributed by atoms with Gasteiger partial charge in [0.2, 0.25) is 0 Å². The summed E-state index contributed by atoms with van der Waals surface area (Å²) in [5.74, 6) is -1.27. The van der Waals surface area contributed by atoms with Crippen LogP contribution in [0.2, 0.25) is 0 Å². The van der Waals surface area contributed by atoms with E-state index in [1.807, 2.05) is 0 Å². The van der Waals surface area contributed by atoms with Gasteiger partial charge in [-0.3, -0.25) is 0 Å². The fraction of sp³-hybridized carbons (Fsp3) is 0.444. The number of nitrogens with one attached hydrogen (secondary N) is 2. The molecule has 0 saturated heterocycles. The molecule has 1 atom stereocenters. The van der Waals surface area contributed by atoms with Gasteiger partial charge in [0.05, 0.1) is 0 Å². The number of halogens is 3. The van der Waals surface area contributed by atoms with E-state index in [9.17, 15) is 27.9 Å². The number of amides is 1. The third-order valence-electron chi connectivity index (χ3n) is 4.28. The van der Waals surface area contributed by atoms with E-state index in [1.54, 1.807) is 20.8 Å². The Morgan fingerprint density at radius 1 is 1.28 bits per heavy atom. The first-order valence-corrected chi connectivity index (χ1v) is 8.66. The number of H-pyrrole nitrogens is 1. The number of alkyl halides is 3. The second-order valence-electron chi connectivity index (χ2n) is 7.69. The van der Waals surface area contributed by atoms with Crippen molar-refractivity contribution < 1.29 is 32.6 Å². The molecule has 0 saturated carbocycles. The Morgan fingerprint density at radius 3 is 2.45 bits per heavy atom. The fourth-order valence-corrected chi connectivity index (χ4v) is 2.88. The van der Waals surface area contributed by atoms with Gasteiger partial charge in [-0.05, 0) is 32.4 Å². The highest BCUT2D eigenvalue weighted by Gasteiger charge is 2.65.